The number of hydrogen-bond donors (Lipinski definition) is 2. The Bertz CT molecular complexity index is 1300. The highest BCUT2D eigenvalue weighted by Crippen LogP contribution is 2.22. The summed E-state index contributed by atoms with van der Waals surface area (Å²) in [6.07, 6.45) is 0.892. The lowest BCUT2D eigenvalue weighted by Crippen LogP contribution is -2.36. The normalized spacial score (nSPS) is 12.2. The number of para-hydroxylation sites is 2. The van der Waals surface area contributed by atoms with Crippen molar-refractivity contribution in [3.8, 4) is 0 Å². The summed E-state index contributed by atoms with van der Waals surface area (Å²) >= 11 is 0. The first-order valence-corrected chi connectivity index (χ1v) is 9.10. The zero-order valence-electron chi connectivity index (χ0n) is 15.6. The van der Waals surface area contributed by atoms with E-state index in [2.05, 4.69) is 5.32 Å². The fraction of sp³-hybridized carbons (Fsp3) is 0.136. The quantitative estimate of drug-likeness (QED) is 0.518. The Hall–Kier alpha value is -3.87. The van der Waals surface area contributed by atoms with E-state index in [0.29, 0.717) is 22.9 Å². The minimum absolute atomic E-state index is 0.0662. The molecule has 4 rings (SSSR count). The zero-order chi connectivity index (χ0) is 20.5. The Kier molecular flexibility index (Phi) is 4.64. The van der Waals surface area contributed by atoms with Gasteiger partial charge < -0.3 is 14.8 Å². The lowest BCUT2D eigenvalue weighted by molar-refractivity contribution is 0.0936. The first-order chi connectivity index (χ1) is 13.9. The molecule has 0 fully saturated rings. The van der Waals surface area contributed by atoms with Crippen LogP contribution in [0.25, 0.3) is 21.9 Å². The summed E-state index contributed by atoms with van der Waals surface area (Å²) in [5, 5.41) is 13.7. The van der Waals surface area contributed by atoms with E-state index in [-0.39, 0.29) is 11.6 Å². The van der Waals surface area contributed by atoms with Crippen LogP contribution in [0.3, 0.4) is 0 Å². The fourth-order valence-electron chi connectivity index (χ4n) is 3.47. The molecule has 2 aromatic carbocycles. The zero-order valence-corrected chi connectivity index (χ0v) is 15.6. The molecule has 0 saturated carbocycles. The number of carbonyl (C=O) groups excluding carboxylic acids is 1. The molecule has 0 saturated heterocycles. The molecule has 29 heavy (non-hydrogen) atoms. The van der Waals surface area contributed by atoms with Crippen molar-refractivity contribution in [2.75, 3.05) is 0 Å². The highest BCUT2D eigenvalue weighted by atomic mass is 16.4. The summed E-state index contributed by atoms with van der Waals surface area (Å²) in [5.41, 5.74) is 1.04. The van der Waals surface area contributed by atoms with E-state index in [0.717, 1.165) is 15.5 Å². The van der Waals surface area contributed by atoms with Gasteiger partial charge in [-0.05, 0) is 37.1 Å². The van der Waals surface area contributed by atoms with Crippen LogP contribution in [-0.4, -0.2) is 27.7 Å². The molecule has 7 heteroatoms. The monoisotopic (exact) mass is 390 g/mol. The van der Waals surface area contributed by atoms with Crippen LogP contribution in [0, 0.1) is 0 Å². The second-order valence-corrected chi connectivity index (χ2v) is 6.89. The predicted octanol–water partition coefficient (Wildman–Crippen LogP) is 3.63. The first kappa shape index (κ1) is 18.5. The Morgan fingerprint density at radius 3 is 2.66 bits per heavy atom. The van der Waals surface area contributed by atoms with Crippen LogP contribution in [0.15, 0.2) is 70.0 Å². The van der Waals surface area contributed by atoms with Crippen LogP contribution in [0.5, 0.6) is 0 Å². The molecule has 2 N–H and O–H groups in total. The molecule has 0 bridgehead atoms. The average Bonchev–Trinajstić information content (AvgIpc) is 3.06. The molecule has 2 heterocycles. The molecule has 1 amide bonds. The van der Waals surface area contributed by atoms with E-state index in [9.17, 15) is 19.5 Å². The van der Waals surface area contributed by atoms with Gasteiger partial charge in [0.2, 0.25) is 0 Å². The van der Waals surface area contributed by atoms with E-state index in [4.69, 9.17) is 4.42 Å². The van der Waals surface area contributed by atoms with E-state index in [1.165, 1.54) is 6.07 Å². The number of aromatic nitrogens is 1. The summed E-state index contributed by atoms with van der Waals surface area (Å²) in [6, 6.07) is 15.3. The Labute approximate surface area is 165 Å². The summed E-state index contributed by atoms with van der Waals surface area (Å²) in [7, 11) is 0. The van der Waals surface area contributed by atoms with Crippen molar-refractivity contribution in [3.05, 3.63) is 82.3 Å². The number of nitrogens with one attached hydrogen (secondary N) is 1. The SMILES string of the molecule is C[C@H](Cc1cn(C(=O)O)c2ccccc12)NC(=O)c1cc2ccccc2oc1=O. The second-order valence-electron chi connectivity index (χ2n) is 6.89. The van der Waals surface area contributed by atoms with Gasteiger partial charge in [-0.25, -0.2) is 9.59 Å². The summed E-state index contributed by atoms with van der Waals surface area (Å²) in [6.45, 7) is 1.80. The van der Waals surface area contributed by atoms with Gasteiger partial charge in [0.1, 0.15) is 11.1 Å². The maximum absolute atomic E-state index is 12.6. The topological polar surface area (TPSA) is 102 Å². The molecular formula is C22H18N2O5. The Morgan fingerprint density at radius 2 is 1.86 bits per heavy atom. The van der Waals surface area contributed by atoms with Crippen LogP contribution in [0.1, 0.15) is 22.8 Å². The number of rotatable bonds is 4. The molecule has 1 atom stereocenters. The van der Waals surface area contributed by atoms with Crippen LogP contribution in [-0.2, 0) is 6.42 Å². The standard InChI is InChI=1S/C22H18N2O5/c1-13(10-15-12-24(22(27)28)18-8-4-3-7-16(15)18)23-20(25)17-11-14-6-2-5-9-19(14)29-21(17)26/h2-9,11-13H,10H2,1H3,(H,23,25)(H,27,28)/t13-/m1/s1. The van der Waals surface area contributed by atoms with Crippen molar-refractivity contribution in [1.82, 2.24) is 9.88 Å². The smallest absolute Gasteiger partial charge is 0.416 e. The van der Waals surface area contributed by atoms with Gasteiger partial charge in [-0.15, -0.1) is 0 Å². The minimum Gasteiger partial charge on any atom is -0.464 e. The third kappa shape index (κ3) is 3.50. The van der Waals surface area contributed by atoms with Gasteiger partial charge in [0.05, 0.1) is 5.52 Å². The van der Waals surface area contributed by atoms with Gasteiger partial charge in [0, 0.05) is 23.0 Å². The molecule has 0 radical (unpaired) electrons. The highest BCUT2D eigenvalue weighted by molar-refractivity contribution is 5.97. The molecule has 7 nitrogen and oxygen atoms in total. The van der Waals surface area contributed by atoms with Crippen molar-refractivity contribution in [3.63, 3.8) is 0 Å². The number of nitrogens with zero attached hydrogens (tertiary/aromatic N) is 1. The molecule has 4 aromatic rings. The molecule has 0 aliphatic heterocycles. The number of benzene rings is 2. The van der Waals surface area contributed by atoms with Gasteiger partial charge in [-0.2, -0.15) is 0 Å². The van der Waals surface area contributed by atoms with Crippen molar-refractivity contribution < 1.29 is 19.1 Å². The summed E-state index contributed by atoms with van der Waals surface area (Å²) in [5.74, 6) is -0.529. The fourth-order valence-corrected chi connectivity index (χ4v) is 3.47. The van der Waals surface area contributed by atoms with Crippen LogP contribution in [0.4, 0.5) is 4.79 Å². The Morgan fingerprint density at radius 1 is 1.14 bits per heavy atom. The molecule has 146 valence electrons. The average molecular weight is 390 g/mol. The van der Waals surface area contributed by atoms with Crippen molar-refractivity contribution in [2.24, 2.45) is 0 Å². The van der Waals surface area contributed by atoms with Crippen molar-refractivity contribution in [1.29, 1.82) is 0 Å². The highest BCUT2D eigenvalue weighted by Gasteiger charge is 2.18. The number of carbonyl (C=O) groups is 2. The van der Waals surface area contributed by atoms with Gasteiger partial charge in [-0.3, -0.25) is 9.36 Å². The van der Waals surface area contributed by atoms with E-state index < -0.39 is 17.6 Å². The van der Waals surface area contributed by atoms with Gasteiger partial charge in [0.15, 0.2) is 0 Å². The summed E-state index contributed by atoms with van der Waals surface area (Å²) in [4.78, 5) is 36.3. The molecule has 0 spiro atoms. The minimum atomic E-state index is -1.07. The third-order valence-electron chi connectivity index (χ3n) is 4.79. The molecule has 0 unspecified atom stereocenters. The lowest BCUT2D eigenvalue weighted by Gasteiger charge is -2.13. The van der Waals surface area contributed by atoms with Gasteiger partial charge >= 0.3 is 11.7 Å². The first-order valence-electron chi connectivity index (χ1n) is 9.10. The van der Waals surface area contributed by atoms with Gasteiger partial charge in [-0.1, -0.05) is 36.4 Å². The number of amides is 1. The molecule has 0 aliphatic carbocycles. The number of carboxylic acid groups (broad SMARTS) is 1. The van der Waals surface area contributed by atoms with E-state index in [1.54, 1.807) is 49.5 Å². The van der Waals surface area contributed by atoms with Gasteiger partial charge in [0.25, 0.3) is 5.91 Å². The largest absolute Gasteiger partial charge is 0.464 e. The number of hydrogen-bond acceptors (Lipinski definition) is 4. The van der Waals surface area contributed by atoms with E-state index in [1.807, 2.05) is 12.1 Å². The lowest BCUT2D eigenvalue weighted by atomic mass is 10.1. The van der Waals surface area contributed by atoms with Crippen LogP contribution in [0.2, 0.25) is 0 Å². The molecular weight excluding hydrogens is 372 g/mol. The molecule has 0 aliphatic rings. The van der Waals surface area contributed by atoms with Crippen LogP contribution < -0.4 is 10.9 Å². The maximum atomic E-state index is 12.6. The second kappa shape index (κ2) is 7.27. The number of fused-ring (bicyclic) bond motifs is 2. The van der Waals surface area contributed by atoms with Crippen molar-refractivity contribution in [2.45, 2.75) is 19.4 Å². The Balaban J connectivity index is 1.58. The van der Waals surface area contributed by atoms with E-state index >= 15 is 0 Å². The predicted molar refractivity (Wildman–Crippen MR) is 108 cm³/mol. The van der Waals surface area contributed by atoms with Crippen molar-refractivity contribution >= 4 is 33.9 Å². The third-order valence-corrected chi connectivity index (χ3v) is 4.79. The maximum Gasteiger partial charge on any atom is 0.416 e. The van der Waals surface area contributed by atoms with Crippen LogP contribution >= 0.6 is 0 Å². The summed E-state index contributed by atoms with van der Waals surface area (Å²) < 4.78 is 6.38. The molecule has 2 aromatic heterocycles.